The number of aromatic nitrogens is 3. The number of nitrogens with zero attached hydrogens (tertiary/aromatic N) is 2. The van der Waals surface area contributed by atoms with Crippen molar-refractivity contribution in [2.75, 3.05) is 7.11 Å². The van der Waals surface area contributed by atoms with E-state index in [1.807, 2.05) is 0 Å². The molecule has 20 heavy (non-hydrogen) atoms. The van der Waals surface area contributed by atoms with Gasteiger partial charge in [0.2, 0.25) is 0 Å². The Morgan fingerprint density at radius 2 is 2.35 bits per heavy atom. The van der Waals surface area contributed by atoms with Crippen molar-refractivity contribution < 1.29 is 9.13 Å². The van der Waals surface area contributed by atoms with Crippen molar-refractivity contribution >= 4 is 11.8 Å². The van der Waals surface area contributed by atoms with Gasteiger partial charge in [-0.25, -0.2) is 14.3 Å². The third-order valence-electron chi connectivity index (χ3n) is 3.18. The quantitative estimate of drug-likeness (QED) is 0.860. The number of benzene rings is 1. The third-order valence-corrected chi connectivity index (χ3v) is 4.18. The average Bonchev–Trinajstić information content (AvgIpc) is 3.20. The van der Waals surface area contributed by atoms with E-state index in [1.54, 1.807) is 17.7 Å². The Hall–Kier alpha value is -1.76. The molecular weight excluding hydrogens is 281 g/mol. The topological polar surface area (TPSA) is 59.9 Å². The smallest absolute Gasteiger partial charge is 0.344 e. The van der Waals surface area contributed by atoms with Crippen LogP contribution in [0, 0.1) is 5.82 Å². The molecule has 0 bridgehead atoms. The van der Waals surface area contributed by atoms with Crippen molar-refractivity contribution in [2.24, 2.45) is 0 Å². The number of hydrogen-bond acceptors (Lipinski definition) is 4. The van der Waals surface area contributed by atoms with Gasteiger partial charge in [0.1, 0.15) is 11.6 Å². The molecular formula is C13H14FN3O2S. The van der Waals surface area contributed by atoms with Crippen LogP contribution in [0.25, 0.3) is 0 Å². The molecule has 0 aliphatic heterocycles. The number of methoxy groups -OCH3 is 1. The van der Waals surface area contributed by atoms with Gasteiger partial charge in [0.15, 0.2) is 5.16 Å². The summed E-state index contributed by atoms with van der Waals surface area (Å²) in [5.74, 6) is 0.829. The first-order valence-electron chi connectivity index (χ1n) is 6.31. The Morgan fingerprint density at radius 3 is 3.05 bits per heavy atom. The molecule has 1 aliphatic rings. The van der Waals surface area contributed by atoms with Gasteiger partial charge in [-0.15, -0.1) is 5.10 Å². The molecule has 1 fully saturated rings. The first-order valence-corrected chi connectivity index (χ1v) is 7.29. The number of H-pyrrole nitrogens is 1. The molecule has 1 saturated carbocycles. The average molecular weight is 295 g/mol. The van der Waals surface area contributed by atoms with Crippen LogP contribution in [0.5, 0.6) is 5.75 Å². The second-order valence-electron chi connectivity index (χ2n) is 4.66. The first-order chi connectivity index (χ1) is 9.69. The Bertz CT molecular complexity index is 678. The fraction of sp³-hybridized carbons (Fsp3) is 0.385. The maximum Gasteiger partial charge on any atom is 0.344 e. The lowest BCUT2D eigenvalue weighted by atomic mass is 10.2. The van der Waals surface area contributed by atoms with Crippen LogP contribution in [-0.2, 0) is 5.75 Å². The Morgan fingerprint density at radius 1 is 1.55 bits per heavy atom. The second kappa shape index (κ2) is 5.32. The normalized spacial score (nSPS) is 14.5. The molecule has 0 atom stereocenters. The minimum atomic E-state index is -0.303. The van der Waals surface area contributed by atoms with Crippen LogP contribution in [-0.4, -0.2) is 21.9 Å². The van der Waals surface area contributed by atoms with E-state index in [0.717, 1.165) is 18.4 Å². The van der Waals surface area contributed by atoms with Crippen LogP contribution in [0.2, 0.25) is 0 Å². The molecule has 1 N–H and O–H groups in total. The van der Waals surface area contributed by atoms with Crippen molar-refractivity contribution in [1.82, 2.24) is 14.8 Å². The number of aromatic amines is 1. The summed E-state index contributed by atoms with van der Waals surface area (Å²) in [5.41, 5.74) is 0.566. The van der Waals surface area contributed by atoms with Gasteiger partial charge in [-0.2, -0.15) is 0 Å². The third kappa shape index (κ3) is 2.58. The monoisotopic (exact) mass is 295 g/mol. The van der Waals surface area contributed by atoms with Crippen LogP contribution in [0.4, 0.5) is 4.39 Å². The summed E-state index contributed by atoms with van der Waals surface area (Å²) in [5, 5.41) is 7.13. The lowest BCUT2D eigenvalue weighted by Gasteiger charge is -2.08. The zero-order valence-electron chi connectivity index (χ0n) is 10.9. The predicted octanol–water partition coefficient (Wildman–Crippen LogP) is 2.35. The van der Waals surface area contributed by atoms with E-state index in [2.05, 4.69) is 10.2 Å². The molecule has 0 saturated heterocycles. The molecule has 1 aromatic heterocycles. The summed E-state index contributed by atoms with van der Waals surface area (Å²) >= 11 is 1.40. The van der Waals surface area contributed by atoms with Gasteiger partial charge in [0.25, 0.3) is 0 Å². The number of hydrogen-bond donors (Lipinski definition) is 1. The van der Waals surface area contributed by atoms with Gasteiger partial charge < -0.3 is 4.74 Å². The molecule has 7 heteroatoms. The van der Waals surface area contributed by atoms with Crippen molar-refractivity contribution in [2.45, 2.75) is 29.8 Å². The number of thioether (sulfide) groups is 1. The van der Waals surface area contributed by atoms with Crippen LogP contribution in [0.1, 0.15) is 24.4 Å². The molecule has 106 valence electrons. The van der Waals surface area contributed by atoms with Crippen molar-refractivity contribution in [1.29, 1.82) is 0 Å². The van der Waals surface area contributed by atoms with Gasteiger partial charge in [-0.05, 0) is 31.0 Å². The molecule has 0 spiro atoms. The first kappa shape index (κ1) is 13.2. The lowest BCUT2D eigenvalue weighted by Crippen LogP contribution is -2.16. The molecule has 5 nitrogen and oxygen atoms in total. The summed E-state index contributed by atoms with van der Waals surface area (Å²) in [6, 6.07) is 4.67. The number of halogens is 1. The Labute approximate surface area is 119 Å². The van der Waals surface area contributed by atoms with E-state index in [-0.39, 0.29) is 17.5 Å². The summed E-state index contributed by atoms with van der Waals surface area (Å²) in [7, 11) is 1.55. The van der Waals surface area contributed by atoms with Crippen LogP contribution < -0.4 is 10.4 Å². The standard InChI is InChI=1S/C13H14FN3O2S/c1-19-11-5-2-9(14)6-8(11)7-20-13-16-15-12(18)17(13)10-3-4-10/h2,5-6,10H,3-4,7H2,1H3,(H,15,18). The zero-order chi connectivity index (χ0) is 14.1. The van der Waals surface area contributed by atoms with Crippen molar-refractivity contribution in [3.05, 3.63) is 40.1 Å². The van der Waals surface area contributed by atoms with Crippen molar-refractivity contribution in [3.8, 4) is 5.75 Å². The second-order valence-corrected chi connectivity index (χ2v) is 5.60. The van der Waals surface area contributed by atoms with E-state index in [1.165, 1.54) is 23.9 Å². The SMILES string of the molecule is COc1ccc(F)cc1CSc1n[nH]c(=O)n1C1CC1. The Balaban J connectivity index is 1.80. The van der Waals surface area contributed by atoms with Crippen molar-refractivity contribution in [3.63, 3.8) is 0 Å². The summed E-state index contributed by atoms with van der Waals surface area (Å²) in [6.07, 6.45) is 2.02. The molecule has 2 aromatic rings. The van der Waals surface area contributed by atoms with E-state index < -0.39 is 0 Å². The molecule has 1 aromatic carbocycles. The highest BCUT2D eigenvalue weighted by Crippen LogP contribution is 2.37. The molecule has 1 heterocycles. The number of rotatable bonds is 5. The van der Waals surface area contributed by atoms with Gasteiger partial charge in [-0.3, -0.25) is 4.57 Å². The van der Waals surface area contributed by atoms with E-state index in [9.17, 15) is 9.18 Å². The minimum absolute atomic E-state index is 0.179. The van der Waals surface area contributed by atoms with Gasteiger partial charge in [0, 0.05) is 17.4 Å². The number of nitrogens with one attached hydrogen (secondary N) is 1. The molecule has 0 unspecified atom stereocenters. The maximum atomic E-state index is 13.3. The number of ether oxygens (including phenoxy) is 1. The summed E-state index contributed by atoms with van der Waals surface area (Å²) < 4.78 is 20.2. The highest BCUT2D eigenvalue weighted by molar-refractivity contribution is 7.98. The highest BCUT2D eigenvalue weighted by atomic mass is 32.2. The minimum Gasteiger partial charge on any atom is -0.496 e. The predicted molar refractivity (Wildman–Crippen MR) is 73.6 cm³/mol. The fourth-order valence-electron chi connectivity index (χ4n) is 2.05. The van der Waals surface area contributed by atoms with Crippen LogP contribution >= 0.6 is 11.8 Å². The Kier molecular flexibility index (Phi) is 3.52. The van der Waals surface area contributed by atoms with Gasteiger partial charge >= 0.3 is 5.69 Å². The van der Waals surface area contributed by atoms with Crippen LogP contribution in [0.3, 0.4) is 0 Å². The fourth-order valence-corrected chi connectivity index (χ4v) is 3.04. The molecule has 3 rings (SSSR count). The maximum absolute atomic E-state index is 13.3. The zero-order valence-corrected chi connectivity index (χ0v) is 11.7. The lowest BCUT2D eigenvalue weighted by molar-refractivity contribution is 0.410. The van der Waals surface area contributed by atoms with E-state index >= 15 is 0 Å². The van der Waals surface area contributed by atoms with Crippen LogP contribution in [0.15, 0.2) is 28.2 Å². The molecule has 1 aliphatic carbocycles. The highest BCUT2D eigenvalue weighted by Gasteiger charge is 2.28. The summed E-state index contributed by atoms with van der Waals surface area (Å²) in [6.45, 7) is 0. The van der Waals surface area contributed by atoms with Gasteiger partial charge in [0.05, 0.1) is 7.11 Å². The van der Waals surface area contributed by atoms with E-state index in [4.69, 9.17) is 4.74 Å². The molecule has 0 radical (unpaired) electrons. The summed E-state index contributed by atoms with van der Waals surface area (Å²) in [4.78, 5) is 11.7. The van der Waals surface area contributed by atoms with E-state index in [0.29, 0.717) is 16.7 Å². The molecule has 0 amide bonds. The van der Waals surface area contributed by atoms with Gasteiger partial charge in [-0.1, -0.05) is 11.8 Å². The largest absolute Gasteiger partial charge is 0.496 e.